The molecule has 33 heavy (non-hydrogen) atoms. The maximum Gasteiger partial charge on any atom is 0.325 e. The molecule has 1 aliphatic rings. The molecule has 2 atom stereocenters. The SMILES string of the molecule is COc1ccccc1CC1(C)NC(=O)N(CC(=O)NC(c2ccccc2)c2cccs2)C1=O. The molecule has 1 fully saturated rings. The van der Waals surface area contributed by atoms with Crippen molar-refractivity contribution in [2.24, 2.45) is 0 Å². The number of thiophene rings is 1. The lowest BCUT2D eigenvalue weighted by atomic mass is 9.92. The Bertz CT molecular complexity index is 1150. The van der Waals surface area contributed by atoms with Crippen molar-refractivity contribution in [3.05, 3.63) is 88.1 Å². The third-order valence-corrected chi connectivity index (χ3v) is 6.59. The summed E-state index contributed by atoms with van der Waals surface area (Å²) in [4.78, 5) is 40.7. The first-order valence-corrected chi connectivity index (χ1v) is 11.4. The average molecular weight is 464 g/mol. The monoisotopic (exact) mass is 463 g/mol. The van der Waals surface area contributed by atoms with Crippen LogP contribution in [0.1, 0.15) is 29.0 Å². The summed E-state index contributed by atoms with van der Waals surface area (Å²) >= 11 is 1.53. The maximum absolute atomic E-state index is 13.2. The van der Waals surface area contributed by atoms with Gasteiger partial charge >= 0.3 is 6.03 Å². The molecule has 0 bridgehead atoms. The predicted octanol–water partition coefficient (Wildman–Crippen LogP) is 3.52. The van der Waals surface area contributed by atoms with Crippen molar-refractivity contribution < 1.29 is 19.1 Å². The number of ether oxygens (including phenoxy) is 1. The van der Waals surface area contributed by atoms with Gasteiger partial charge < -0.3 is 15.4 Å². The molecule has 8 heteroatoms. The van der Waals surface area contributed by atoms with E-state index in [1.165, 1.54) is 11.3 Å². The molecule has 1 aliphatic heterocycles. The molecule has 0 spiro atoms. The zero-order valence-electron chi connectivity index (χ0n) is 18.4. The molecule has 4 rings (SSSR count). The Balaban J connectivity index is 1.48. The van der Waals surface area contributed by atoms with Gasteiger partial charge in [0.2, 0.25) is 5.91 Å². The van der Waals surface area contributed by atoms with Crippen molar-refractivity contribution in [3.63, 3.8) is 0 Å². The first kappa shape index (κ1) is 22.5. The number of benzene rings is 2. The molecular formula is C25H25N3O4S. The first-order chi connectivity index (χ1) is 15.9. The number of hydrogen-bond acceptors (Lipinski definition) is 5. The summed E-state index contributed by atoms with van der Waals surface area (Å²) in [5.41, 5.74) is 0.550. The number of rotatable bonds is 8. The summed E-state index contributed by atoms with van der Waals surface area (Å²) in [6.45, 7) is 1.30. The third-order valence-electron chi connectivity index (χ3n) is 5.65. The molecule has 170 valence electrons. The molecule has 0 aliphatic carbocycles. The van der Waals surface area contributed by atoms with Crippen molar-refractivity contribution >= 4 is 29.2 Å². The summed E-state index contributed by atoms with van der Waals surface area (Å²) in [5.74, 6) is -0.221. The van der Waals surface area contributed by atoms with E-state index in [4.69, 9.17) is 4.74 Å². The Morgan fingerprint density at radius 3 is 2.52 bits per heavy atom. The second-order valence-electron chi connectivity index (χ2n) is 8.07. The Labute approximate surface area is 196 Å². The number of amides is 4. The van der Waals surface area contributed by atoms with E-state index in [1.54, 1.807) is 20.1 Å². The van der Waals surface area contributed by atoms with Crippen LogP contribution in [0.15, 0.2) is 72.1 Å². The number of nitrogens with one attached hydrogen (secondary N) is 2. The fourth-order valence-electron chi connectivity index (χ4n) is 4.01. The van der Waals surface area contributed by atoms with Crippen LogP contribution >= 0.6 is 11.3 Å². The number of urea groups is 1. The maximum atomic E-state index is 13.2. The Morgan fingerprint density at radius 2 is 1.82 bits per heavy atom. The van der Waals surface area contributed by atoms with Gasteiger partial charge in [-0.2, -0.15) is 0 Å². The Kier molecular flexibility index (Phi) is 6.46. The molecule has 0 saturated carbocycles. The summed E-state index contributed by atoms with van der Waals surface area (Å²) in [7, 11) is 1.56. The van der Waals surface area contributed by atoms with Crippen molar-refractivity contribution in [2.45, 2.75) is 24.9 Å². The van der Waals surface area contributed by atoms with Crippen molar-refractivity contribution in [3.8, 4) is 5.75 Å². The van der Waals surface area contributed by atoms with Crippen LogP contribution in [-0.2, 0) is 16.0 Å². The van der Waals surface area contributed by atoms with Gasteiger partial charge in [0.1, 0.15) is 17.8 Å². The second-order valence-corrected chi connectivity index (χ2v) is 9.05. The van der Waals surface area contributed by atoms with Crippen LogP contribution in [0, 0.1) is 0 Å². The minimum atomic E-state index is -1.17. The molecule has 1 aromatic heterocycles. The summed E-state index contributed by atoms with van der Waals surface area (Å²) < 4.78 is 5.37. The second kappa shape index (κ2) is 9.46. The van der Waals surface area contributed by atoms with Gasteiger partial charge in [-0.1, -0.05) is 54.6 Å². The lowest BCUT2D eigenvalue weighted by molar-refractivity contribution is -0.134. The van der Waals surface area contributed by atoms with E-state index in [-0.39, 0.29) is 19.0 Å². The molecule has 2 N–H and O–H groups in total. The summed E-state index contributed by atoms with van der Waals surface area (Å²) in [5, 5.41) is 7.67. The van der Waals surface area contributed by atoms with E-state index in [0.717, 1.165) is 20.9 Å². The standard InChI is InChI=1S/C25H25N3O4S/c1-25(15-18-11-6-7-12-19(18)32-2)23(30)28(24(31)27-25)16-21(29)26-22(20-13-8-14-33-20)17-9-4-3-5-10-17/h3-14,22H,15-16H2,1-2H3,(H,26,29)(H,27,31). The van der Waals surface area contributed by atoms with E-state index in [9.17, 15) is 14.4 Å². The van der Waals surface area contributed by atoms with Gasteiger partial charge in [-0.3, -0.25) is 14.5 Å². The quantitative estimate of drug-likeness (QED) is 0.501. The van der Waals surface area contributed by atoms with Crippen LogP contribution in [0.25, 0.3) is 0 Å². The number of carbonyl (C=O) groups is 3. The van der Waals surface area contributed by atoms with Crippen LogP contribution < -0.4 is 15.4 Å². The van der Waals surface area contributed by atoms with Gasteiger partial charge in [0.25, 0.3) is 5.91 Å². The van der Waals surface area contributed by atoms with Gasteiger partial charge in [0, 0.05) is 11.3 Å². The minimum absolute atomic E-state index is 0.252. The number of nitrogens with zero attached hydrogens (tertiary/aromatic N) is 1. The van der Waals surface area contributed by atoms with Crippen molar-refractivity contribution in [1.29, 1.82) is 0 Å². The summed E-state index contributed by atoms with van der Waals surface area (Å²) in [6, 6.07) is 19.9. The van der Waals surface area contributed by atoms with E-state index < -0.39 is 23.4 Å². The van der Waals surface area contributed by atoms with E-state index >= 15 is 0 Å². The average Bonchev–Trinajstić information content (AvgIpc) is 3.42. The van der Waals surface area contributed by atoms with E-state index in [2.05, 4.69) is 10.6 Å². The fraction of sp³-hybridized carbons (Fsp3) is 0.240. The van der Waals surface area contributed by atoms with Crippen LogP contribution in [0.5, 0.6) is 5.75 Å². The van der Waals surface area contributed by atoms with E-state index in [0.29, 0.717) is 5.75 Å². The highest BCUT2D eigenvalue weighted by Crippen LogP contribution is 2.28. The number of para-hydroxylation sites is 1. The lowest BCUT2D eigenvalue weighted by Crippen LogP contribution is -2.47. The van der Waals surface area contributed by atoms with Gasteiger partial charge in [-0.25, -0.2) is 4.79 Å². The smallest absolute Gasteiger partial charge is 0.325 e. The molecule has 2 heterocycles. The lowest BCUT2D eigenvalue weighted by Gasteiger charge is -2.23. The molecule has 4 amide bonds. The highest BCUT2D eigenvalue weighted by molar-refractivity contribution is 7.10. The molecule has 7 nitrogen and oxygen atoms in total. The highest BCUT2D eigenvalue weighted by atomic mass is 32.1. The van der Waals surface area contributed by atoms with Gasteiger partial charge in [0.05, 0.1) is 13.2 Å². The summed E-state index contributed by atoms with van der Waals surface area (Å²) in [6.07, 6.45) is 0.252. The van der Waals surface area contributed by atoms with Crippen LogP contribution in [0.4, 0.5) is 4.79 Å². The normalized spacial score (nSPS) is 18.7. The van der Waals surface area contributed by atoms with Crippen LogP contribution in [0.2, 0.25) is 0 Å². The topological polar surface area (TPSA) is 87.7 Å². The zero-order valence-corrected chi connectivity index (χ0v) is 19.2. The Morgan fingerprint density at radius 1 is 1.09 bits per heavy atom. The number of imide groups is 1. The number of carbonyl (C=O) groups excluding carboxylic acids is 3. The highest BCUT2D eigenvalue weighted by Gasteiger charge is 2.48. The molecule has 2 unspecified atom stereocenters. The minimum Gasteiger partial charge on any atom is -0.496 e. The molecule has 1 saturated heterocycles. The molecular weight excluding hydrogens is 438 g/mol. The van der Waals surface area contributed by atoms with Gasteiger partial charge in [-0.05, 0) is 35.6 Å². The van der Waals surface area contributed by atoms with E-state index in [1.807, 2.05) is 66.0 Å². The Hall–Kier alpha value is -3.65. The van der Waals surface area contributed by atoms with Gasteiger partial charge in [-0.15, -0.1) is 11.3 Å². The molecule has 3 aromatic rings. The third kappa shape index (κ3) is 4.75. The first-order valence-electron chi connectivity index (χ1n) is 10.5. The van der Waals surface area contributed by atoms with Crippen molar-refractivity contribution in [2.75, 3.05) is 13.7 Å². The molecule has 0 radical (unpaired) electrons. The van der Waals surface area contributed by atoms with Crippen LogP contribution in [-0.4, -0.2) is 41.9 Å². The molecule has 2 aromatic carbocycles. The van der Waals surface area contributed by atoms with Gasteiger partial charge in [0.15, 0.2) is 0 Å². The predicted molar refractivity (Wildman–Crippen MR) is 126 cm³/mol. The number of hydrogen-bond donors (Lipinski definition) is 2. The number of methoxy groups -OCH3 is 1. The largest absolute Gasteiger partial charge is 0.496 e. The van der Waals surface area contributed by atoms with Crippen molar-refractivity contribution in [1.82, 2.24) is 15.5 Å². The van der Waals surface area contributed by atoms with Crippen LogP contribution in [0.3, 0.4) is 0 Å². The zero-order chi connectivity index (χ0) is 23.4. The fourth-order valence-corrected chi connectivity index (χ4v) is 4.81.